The Kier molecular flexibility index (Phi) is 3.76. The van der Waals surface area contributed by atoms with Crippen molar-refractivity contribution in [3.63, 3.8) is 0 Å². The molecule has 1 aromatic heterocycles. The van der Waals surface area contributed by atoms with Crippen molar-refractivity contribution in [2.75, 3.05) is 19.6 Å². The molecule has 1 aliphatic heterocycles. The Morgan fingerprint density at radius 2 is 2.06 bits per heavy atom. The summed E-state index contributed by atoms with van der Waals surface area (Å²) in [4.78, 5) is 18.4. The summed E-state index contributed by atoms with van der Waals surface area (Å²) >= 11 is 3.22. The van der Waals surface area contributed by atoms with E-state index in [-0.39, 0.29) is 5.56 Å². The third-order valence-electron chi connectivity index (χ3n) is 3.04. The Balaban J connectivity index is 2.08. The van der Waals surface area contributed by atoms with E-state index in [0.29, 0.717) is 4.47 Å². The van der Waals surface area contributed by atoms with Gasteiger partial charge in [-0.1, -0.05) is 0 Å². The van der Waals surface area contributed by atoms with Crippen molar-refractivity contribution >= 4 is 15.9 Å². The highest BCUT2D eigenvalue weighted by molar-refractivity contribution is 9.10. The molecular formula is C11H16BrN3O. The minimum Gasteiger partial charge on any atom is -0.302 e. The Labute approximate surface area is 103 Å². The Bertz CT molecular complexity index is 424. The zero-order valence-corrected chi connectivity index (χ0v) is 11.0. The van der Waals surface area contributed by atoms with Crippen molar-refractivity contribution in [2.45, 2.75) is 26.3 Å². The molecule has 5 heteroatoms. The number of halogens is 1. The molecular weight excluding hydrogens is 270 g/mol. The lowest BCUT2D eigenvalue weighted by molar-refractivity contribution is 0.318. The van der Waals surface area contributed by atoms with E-state index >= 15 is 0 Å². The third kappa shape index (κ3) is 2.52. The zero-order valence-electron chi connectivity index (χ0n) is 9.45. The van der Waals surface area contributed by atoms with Crippen LogP contribution in [0.25, 0.3) is 0 Å². The van der Waals surface area contributed by atoms with Crippen LogP contribution in [-0.4, -0.2) is 34.1 Å². The number of hydrogen-bond acceptors (Lipinski definition) is 3. The second-order valence-electron chi connectivity index (χ2n) is 4.16. The van der Waals surface area contributed by atoms with Gasteiger partial charge in [-0.05, 0) is 48.8 Å². The number of hydrogen-bond donors (Lipinski definition) is 0. The van der Waals surface area contributed by atoms with E-state index in [2.05, 4.69) is 25.8 Å². The summed E-state index contributed by atoms with van der Waals surface area (Å²) in [5.74, 6) is 0.785. The van der Waals surface area contributed by atoms with Gasteiger partial charge in [-0.15, -0.1) is 0 Å². The minimum atomic E-state index is 0.0201. The lowest BCUT2D eigenvalue weighted by atomic mass is 10.4. The number of likely N-dealkylation sites (tertiary alicyclic amines) is 1. The van der Waals surface area contributed by atoms with Gasteiger partial charge < -0.3 is 4.90 Å². The molecule has 0 atom stereocenters. The van der Waals surface area contributed by atoms with E-state index in [0.717, 1.165) is 32.0 Å². The molecule has 0 amide bonds. The molecule has 1 aromatic rings. The normalized spacial score (nSPS) is 16.9. The molecule has 0 spiro atoms. The molecule has 0 bridgehead atoms. The summed E-state index contributed by atoms with van der Waals surface area (Å²) in [6, 6.07) is 0. The first-order chi connectivity index (χ1) is 7.68. The van der Waals surface area contributed by atoms with Gasteiger partial charge >= 0.3 is 0 Å². The summed E-state index contributed by atoms with van der Waals surface area (Å²) < 4.78 is 2.28. The molecule has 4 nitrogen and oxygen atoms in total. The van der Waals surface area contributed by atoms with Gasteiger partial charge in [-0.25, -0.2) is 4.98 Å². The summed E-state index contributed by atoms with van der Waals surface area (Å²) in [5.41, 5.74) is 0.0201. The lowest BCUT2D eigenvalue weighted by Crippen LogP contribution is -2.31. The van der Waals surface area contributed by atoms with Crippen LogP contribution < -0.4 is 5.56 Å². The quantitative estimate of drug-likeness (QED) is 0.843. The number of nitrogens with zero attached hydrogens (tertiary/aromatic N) is 3. The second-order valence-corrected chi connectivity index (χ2v) is 5.01. The van der Waals surface area contributed by atoms with Gasteiger partial charge in [0.25, 0.3) is 5.56 Å². The van der Waals surface area contributed by atoms with Gasteiger partial charge in [-0.3, -0.25) is 9.36 Å². The molecule has 88 valence electrons. The fraction of sp³-hybridized carbons (Fsp3) is 0.636. The molecule has 0 aromatic carbocycles. The van der Waals surface area contributed by atoms with Crippen LogP contribution in [0.15, 0.2) is 15.5 Å². The van der Waals surface area contributed by atoms with Crippen LogP contribution in [0.1, 0.15) is 18.7 Å². The molecule has 2 rings (SSSR count). The van der Waals surface area contributed by atoms with Crippen LogP contribution in [0.2, 0.25) is 0 Å². The average Bonchev–Trinajstić information content (AvgIpc) is 2.77. The molecule has 0 N–H and O–H groups in total. The van der Waals surface area contributed by atoms with Crippen LogP contribution in [0, 0.1) is 6.92 Å². The van der Waals surface area contributed by atoms with E-state index in [4.69, 9.17) is 0 Å². The zero-order chi connectivity index (χ0) is 11.5. The van der Waals surface area contributed by atoms with Gasteiger partial charge in [-0.2, -0.15) is 0 Å². The van der Waals surface area contributed by atoms with E-state index in [1.807, 2.05) is 6.92 Å². The Morgan fingerprint density at radius 1 is 1.38 bits per heavy atom. The molecule has 1 aliphatic rings. The first kappa shape index (κ1) is 11.8. The second kappa shape index (κ2) is 5.10. The standard InChI is InChI=1S/C11H16BrN3O/c1-9-13-8-10(12)11(16)15(9)7-6-14-4-2-3-5-14/h8H,2-7H2,1H3. The largest absolute Gasteiger partial charge is 0.302 e. The average molecular weight is 286 g/mol. The highest BCUT2D eigenvalue weighted by Crippen LogP contribution is 2.07. The highest BCUT2D eigenvalue weighted by atomic mass is 79.9. The van der Waals surface area contributed by atoms with Gasteiger partial charge in [0.2, 0.25) is 0 Å². The molecule has 0 saturated carbocycles. The topological polar surface area (TPSA) is 38.1 Å². The monoisotopic (exact) mass is 285 g/mol. The molecule has 1 fully saturated rings. The maximum absolute atomic E-state index is 11.9. The van der Waals surface area contributed by atoms with Crippen LogP contribution in [-0.2, 0) is 6.54 Å². The summed E-state index contributed by atoms with van der Waals surface area (Å²) in [6.45, 7) is 5.87. The molecule has 0 radical (unpaired) electrons. The fourth-order valence-electron chi connectivity index (χ4n) is 2.06. The summed E-state index contributed by atoms with van der Waals surface area (Å²) in [6.07, 6.45) is 4.14. The van der Waals surface area contributed by atoms with Gasteiger partial charge in [0.1, 0.15) is 10.3 Å². The van der Waals surface area contributed by atoms with E-state index in [9.17, 15) is 4.79 Å². The van der Waals surface area contributed by atoms with Crippen molar-refractivity contribution in [1.82, 2.24) is 14.5 Å². The van der Waals surface area contributed by atoms with Crippen molar-refractivity contribution < 1.29 is 0 Å². The number of rotatable bonds is 3. The van der Waals surface area contributed by atoms with Crippen LogP contribution in [0.3, 0.4) is 0 Å². The summed E-state index contributed by atoms with van der Waals surface area (Å²) in [5, 5.41) is 0. The molecule has 16 heavy (non-hydrogen) atoms. The van der Waals surface area contributed by atoms with Crippen LogP contribution in [0.4, 0.5) is 0 Å². The smallest absolute Gasteiger partial charge is 0.267 e. The minimum absolute atomic E-state index is 0.0201. The molecule has 0 unspecified atom stereocenters. The first-order valence-electron chi connectivity index (χ1n) is 5.63. The lowest BCUT2D eigenvalue weighted by Gasteiger charge is -2.16. The SMILES string of the molecule is Cc1ncc(Br)c(=O)n1CCN1CCCC1. The number of aryl methyl sites for hydroxylation is 1. The van der Waals surface area contributed by atoms with Crippen LogP contribution >= 0.6 is 15.9 Å². The Morgan fingerprint density at radius 3 is 2.75 bits per heavy atom. The van der Waals surface area contributed by atoms with Gasteiger partial charge in [0.05, 0.1) is 0 Å². The van der Waals surface area contributed by atoms with E-state index < -0.39 is 0 Å². The first-order valence-corrected chi connectivity index (χ1v) is 6.42. The fourth-order valence-corrected chi connectivity index (χ4v) is 2.38. The third-order valence-corrected chi connectivity index (χ3v) is 3.59. The maximum atomic E-state index is 11.9. The predicted molar refractivity (Wildman–Crippen MR) is 66.6 cm³/mol. The number of aromatic nitrogens is 2. The van der Waals surface area contributed by atoms with E-state index in [1.165, 1.54) is 12.8 Å². The molecule has 1 saturated heterocycles. The molecule has 0 aliphatic carbocycles. The summed E-state index contributed by atoms with van der Waals surface area (Å²) in [7, 11) is 0. The van der Waals surface area contributed by atoms with Gasteiger partial charge in [0, 0.05) is 19.3 Å². The predicted octanol–water partition coefficient (Wildman–Crippen LogP) is 1.41. The van der Waals surface area contributed by atoms with Crippen LogP contribution in [0.5, 0.6) is 0 Å². The van der Waals surface area contributed by atoms with Crippen molar-refractivity contribution in [2.24, 2.45) is 0 Å². The maximum Gasteiger partial charge on any atom is 0.267 e. The van der Waals surface area contributed by atoms with Crippen molar-refractivity contribution in [3.05, 3.63) is 26.8 Å². The molecule has 2 heterocycles. The van der Waals surface area contributed by atoms with E-state index in [1.54, 1.807) is 10.8 Å². The highest BCUT2D eigenvalue weighted by Gasteiger charge is 2.12. The van der Waals surface area contributed by atoms with Crippen molar-refractivity contribution in [3.8, 4) is 0 Å². The van der Waals surface area contributed by atoms with Crippen molar-refractivity contribution in [1.29, 1.82) is 0 Å². The Hall–Kier alpha value is -0.680. The van der Waals surface area contributed by atoms with Gasteiger partial charge in [0.15, 0.2) is 0 Å².